The summed E-state index contributed by atoms with van der Waals surface area (Å²) in [6.45, 7) is 7.05. The second-order valence-corrected chi connectivity index (χ2v) is 7.89. The van der Waals surface area contributed by atoms with Crippen LogP contribution in [0.25, 0.3) is 16.5 Å². The molecule has 2 aromatic rings. The highest BCUT2D eigenvalue weighted by Gasteiger charge is 2.28. The Labute approximate surface area is 134 Å². The van der Waals surface area contributed by atoms with E-state index in [1.807, 2.05) is 6.07 Å². The maximum atomic E-state index is 6.08. The molecule has 1 unspecified atom stereocenters. The van der Waals surface area contributed by atoms with E-state index in [-0.39, 0.29) is 0 Å². The number of rotatable bonds is 1. The number of para-hydroxylation sites is 1. The zero-order valence-corrected chi connectivity index (χ0v) is 14.5. The van der Waals surface area contributed by atoms with Gasteiger partial charge in [-0.2, -0.15) is 0 Å². The lowest BCUT2D eigenvalue weighted by Crippen LogP contribution is -2.21. The van der Waals surface area contributed by atoms with Crippen molar-refractivity contribution in [3.63, 3.8) is 0 Å². The molecule has 0 fully saturated rings. The molecule has 20 heavy (non-hydrogen) atoms. The quantitative estimate of drug-likeness (QED) is 0.532. The Morgan fingerprint density at radius 2 is 1.95 bits per heavy atom. The van der Waals surface area contributed by atoms with Crippen molar-refractivity contribution in [2.75, 3.05) is 0 Å². The van der Waals surface area contributed by atoms with Crippen LogP contribution in [0.15, 0.2) is 34.8 Å². The van der Waals surface area contributed by atoms with E-state index in [0.717, 1.165) is 23.7 Å². The molecule has 1 aliphatic carbocycles. The Balaban J connectivity index is 1.93. The van der Waals surface area contributed by atoms with Gasteiger partial charge in [-0.3, -0.25) is 0 Å². The summed E-state index contributed by atoms with van der Waals surface area (Å²) in [6.07, 6.45) is 5.98. The molecule has 0 spiro atoms. The first-order valence-corrected chi connectivity index (χ1v) is 8.41. The zero-order valence-electron chi connectivity index (χ0n) is 12.4. The molecule has 1 aliphatic rings. The van der Waals surface area contributed by atoms with Crippen molar-refractivity contribution in [1.82, 2.24) is 0 Å². The topological polar surface area (TPSA) is 13.1 Å². The Kier molecular flexibility index (Phi) is 3.69. The molecular weight excluding hydrogens is 359 g/mol. The number of halogens is 1. The SMILES string of the molecule is CC(C)(C)C1CC=C(c2oc3ccccc3c2I)CC1. The van der Waals surface area contributed by atoms with Crippen LogP contribution in [0.2, 0.25) is 0 Å². The normalized spacial score (nSPS) is 20.2. The standard InChI is InChI=1S/C18H21IO/c1-18(2,3)13-10-8-12(9-11-13)17-16(19)14-6-4-5-7-15(14)20-17/h4-8,13H,9-11H2,1-3H3. The fourth-order valence-corrected chi connectivity index (χ4v) is 3.95. The molecule has 3 rings (SSSR count). The minimum absolute atomic E-state index is 0.406. The number of hydrogen-bond donors (Lipinski definition) is 0. The monoisotopic (exact) mass is 380 g/mol. The molecule has 1 aromatic heterocycles. The van der Waals surface area contributed by atoms with Gasteiger partial charge in [-0.15, -0.1) is 0 Å². The van der Waals surface area contributed by atoms with Gasteiger partial charge in [0.05, 0.1) is 3.57 Å². The van der Waals surface area contributed by atoms with Crippen LogP contribution in [-0.4, -0.2) is 0 Å². The smallest absolute Gasteiger partial charge is 0.144 e. The highest BCUT2D eigenvalue weighted by molar-refractivity contribution is 14.1. The van der Waals surface area contributed by atoms with Crippen LogP contribution in [-0.2, 0) is 0 Å². The van der Waals surface area contributed by atoms with Crippen molar-refractivity contribution in [1.29, 1.82) is 0 Å². The molecule has 0 bridgehead atoms. The number of allylic oxidation sites excluding steroid dienone is 2. The number of benzene rings is 1. The molecule has 0 saturated carbocycles. The zero-order chi connectivity index (χ0) is 14.3. The highest BCUT2D eigenvalue weighted by atomic mass is 127. The van der Waals surface area contributed by atoms with Gasteiger partial charge in [-0.05, 0) is 64.8 Å². The van der Waals surface area contributed by atoms with E-state index in [1.165, 1.54) is 27.4 Å². The van der Waals surface area contributed by atoms with Crippen molar-refractivity contribution in [2.45, 2.75) is 40.0 Å². The fraction of sp³-hybridized carbons (Fsp3) is 0.444. The Morgan fingerprint density at radius 1 is 1.20 bits per heavy atom. The maximum Gasteiger partial charge on any atom is 0.144 e. The van der Waals surface area contributed by atoms with Gasteiger partial charge < -0.3 is 4.42 Å². The van der Waals surface area contributed by atoms with Crippen molar-refractivity contribution < 1.29 is 4.42 Å². The molecule has 0 radical (unpaired) electrons. The van der Waals surface area contributed by atoms with Crippen LogP contribution in [0.5, 0.6) is 0 Å². The summed E-state index contributed by atoms with van der Waals surface area (Å²) >= 11 is 2.42. The molecule has 0 amide bonds. The van der Waals surface area contributed by atoms with E-state index in [1.54, 1.807) is 0 Å². The molecule has 106 valence electrons. The number of furan rings is 1. The van der Waals surface area contributed by atoms with E-state index >= 15 is 0 Å². The van der Waals surface area contributed by atoms with Crippen molar-refractivity contribution in [3.8, 4) is 0 Å². The first kappa shape index (κ1) is 14.2. The van der Waals surface area contributed by atoms with Crippen LogP contribution in [0.3, 0.4) is 0 Å². The van der Waals surface area contributed by atoms with Crippen molar-refractivity contribution >= 4 is 39.1 Å². The fourth-order valence-electron chi connectivity index (χ4n) is 3.05. The lowest BCUT2D eigenvalue weighted by atomic mass is 9.73. The summed E-state index contributed by atoms with van der Waals surface area (Å²) in [5, 5.41) is 1.24. The molecule has 1 nitrogen and oxygen atoms in total. The largest absolute Gasteiger partial charge is 0.455 e. The summed E-state index contributed by atoms with van der Waals surface area (Å²) < 4.78 is 7.35. The minimum Gasteiger partial charge on any atom is -0.455 e. The molecule has 1 atom stereocenters. The molecule has 0 aliphatic heterocycles. The lowest BCUT2D eigenvalue weighted by molar-refractivity contribution is 0.225. The lowest BCUT2D eigenvalue weighted by Gasteiger charge is -2.33. The third kappa shape index (κ3) is 2.54. The molecule has 2 heteroatoms. The third-order valence-corrected chi connectivity index (χ3v) is 5.53. The third-order valence-electron chi connectivity index (χ3n) is 4.46. The first-order valence-electron chi connectivity index (χ1n) is 7.33. The average Bonchev–Trinajstić information content (AvgIpc) is 2.76. The first-order chi connectivity index (χ1) is 9.47. The summed E-state index contributed by atoms with van der Waals surface area (Å²) in [7, 11) is 0. The molecule has 0 saturated heterocycles. The van der Waals surface area contributed by atoms with Gasteiger partial charge >= 0.3 is 0 Å². The summed E-state index contributed by atoms with van der Waals surface area (Å²) in [5.41, 5.74) is 2.81. The van der Waals surface area contributed by atoms with Gasteiger partial charge in [0.2, 0.25) is 0 Å². The molecule has 1 heterocycles. The highest BCUT2D eigenvalue weighted by Crippen LogP contribution is 2.42. The van der Waals surface area contributed by atoms with Crippen molar-refractivity contribution in [3.05, 3.63) is 39.7 Å². The van der Waals surface area contributed by atoms with Gasteiger partial charge in [0.25, 0.3) is 0 Å². The predicted molar refractivity (Wildman–Crippen MR) is 93.7 cm³/mol. The maximum absolute atomic E-state index is 6.08. The van der Waals surface area contributed by atoms with E-state index in [2.05, 4.69) is 67.6 Å². The van der Waals surface area contributed by atoms with Gasteiger partial charge in [0.1, 0.15) is 11.3 Å². The molecule has 1 aromatic carbocycles. The number of hydrogen-bond acceptors (Lipinski definition) is 1. The van der Waals surface area contributed by atoms with Gasteiger partial charge in [0.15, 0.2) is 0 Å². The summed E-state index contributed by atoms with van der Waals surface area (Å²) in [6, 6.07) is 8.32. The van der Waals surface area contributed by atoms with Crippen LogP contribution in [0, 0.1) is 14.9 Å². The van der Waals surface area contributed by atoms with Gasteiger partial charge in [-0.25, -0.2) is 0 Å². The second kappa shape index (κ2) is 5.21. The van der Waals surface area contributed by atoms with Crippen LogP contribution in [0.1, 0.15) is 45.8 Å². The van der Waals surface area contributed by atoms with Gasteiger partial charge in [-0.1, -0.05) is 45.0 Å². The summed E-state index contributed by atoms with van der Waals surface area (Å²) in [5.74, 6) is 1.88. The van der Waals surface area contributed by atoms with Crippen LogP contribution in [0.4, 0.5) is 0 Å². The average molecular weight is 380 g/mol. The van der Waals surface area contributed by atoms with E-state index in [4.69, 9.17) is 4.42 Å². The van der Waals surface area contributed by atoms with E-state index in [9.17, 15) is 0 Å². The van der Waals surface area contributed by atoms with E-state index < -0.39 is 0 Å². The Bertz CT molecular complexity index is 658. The Hall–Kier alpha value is -0.770. The molecule has 0 N–H and O–H groups in total. The predicted octanol–water partition coefficient (Wildman–Crippen LogP) is 6.27. The summed E-state index contributed by atoms with van der Waals surface area (Å²) in [4.78, 5) is 0. The Morgan fingerprint density at radius 3 is 2.55 bits per heavy atom. The van der Waals surface area contributed by atoms with Crippen molar-refractivity contribution in [2.24, 2.45) is 11.3 Å². The van der Waals surface area contributed by atoms with Crippen LogP contribution >= 0.6 is 22.6 Å². The minimum atomic E-state index is 0.406. The van der Waals surface area contributed by atoms with Crippen LogP contribution < -0.4 is 0 Å². The van der Waals surface area contributed by atoms with E-state index in [0.29, 0.717) is 5.41 Å². The second-order valence-electron chi connectivity index (χ2n) is 6.81. The number of fused-ring (bicyclic) bond motifs is 1. The molecular formula is C18H21IO. The van der Waals surface area contributed by atoms with Gasteiger partial charge in [0, 0.05) is 5.39 Å².